The molecule has 1 aromatic carbocycles. The van der Waals surface area contributed by atoms with Gasteiger partial charge in [0.2, 0.25) is 0 Å². The molecule has 1 aliphatic carbocycles. The standard InChI is InChI=1S/C18H29NO/c1-7-18(5)15(19-6)12-16(18)20-14-11-9-8-10-13(14)17(2,3)4/h8-11,15-16,19H,7,12H2,1-6H3. The Morgan fingerprint density at radius 3 is 2.50 bits per heavy atom. The van der Waals surface area contributed by atoms with Gasteiger partial charge in [0.15, 0.2) is 0 Å². The predicted molar refractivity (Wildman–Crippen MR) is 85.4 cm³/mol. The van der Waals surface area contributed by atoms with Crippen LogP contribution in [0.15, 0.2) is 24.3 Å². The molecule has 112 valence electrons. The van der Waals surface area contributed by atoms with Crippen molar-refractivity contribution in [2.24, 2.45) is 5.41 Å². The van der Waals surface area contributed by atoms with Gasteiger partial charge in [-0.15, -0.1) is 0 Å². The van der Waals surface area contributed by atoms with Crippen molar-refractivity contribution in [1.29, 1.82) is 0 Å². The van der Waals surface area contributed by atoms with Gasteiger partial charge in [0.05, 0.1) is 0 Å². The number of ether oxygens (including phenoxy) is 1. The smallest absolute Gasteiger partial charge is 0.123 e. The molecule has 0 spiro atoms. The Hall–Kier alpha value is -1.02. The molecule has 0 amide bonds. The second kappa shape index (κ2) is 5.40. The molecule has 0 saturated heterocycles. The monoisotopic (exact) mass is 275 g/mol. The van der Waals surface area contributed by atoms with Crippen molar-refractivity contribution in [2.75, 3.05) is 7.05 Å². The molecule has 2 rings (SSSR count). The first-order chi connectivity index (χ1) is 9.32. The Labute approximate surface area is 123 Å². The molecule has 3 unspecified atom stereocenters. The van der Waals surface area contributed by atoms with Crippen LogP contribution >= 0.6 is 0 Å². The van der Waals surface area contributed by atoms with Gasteiger partial charge in [-0.05, 0) is 30.5 Å². The second-order valence-corrected chi connectivity index (χ2v) is 7.29. The molecule has 0 aromatic heterocycles. The van der Waals surface area contributed by atoms with E-state index in [9.17, 15) is 0 Å². The van der Waals surface area contributed by atoms with Gasteiger partial charge < -0.3 is 10.1 Å². The molecule has 0 radical (unpaired) electrons. The zero-order valence-corrected chi connectivity index (χ0v) is 13.8. The second-order valence-electron chi connectivity index (χ2n) is 7.29. The van der Waals surface area contributed by atoms with Crippen LogP contribution in [0.3, 0.4) is 0 Å². The summed E-state index contributed by atoms with van der Waals surface area (Å²) in [6, 6.07) is 9.04. The van der Waals surface area contributed by atoms with Gasteiger partial charge in [0.1, 0.15) is 11.9 Å². The summed E-state index contributed by atoms with van der Waals surface area (Å²) in [4.78, 5) is 0. The summed E-state index contributed by atoms with van der Waals surface area (Å²) < 4.78 is 6.41. The van der Waals surface area contributed by atoms with Crippen LogP contribution in [0.2, 0.25) is 0 Å². The molecule has 1 fully saturated rings. The van der Waals surface area contributed by atoms with E-state index in [4.69, 9.17) is 4.74 Å². The molecule has 1 saturated carbocycles. The summed E-state index contributed by atoms with van der Waals surface area (Å²) in [6.45, 7) is 11.3. The van der Waals surface area contributed by atoms with E-state index < -0.39 is 0 Å². The highest BCUT2D eigenvalue weighted by atomic mass is 16.5. The van der Waals surface area contributed by atoms with Crippen LogP contribution in [0.25, 0.3) is 0 Å². The minimum absolute atomic E-state index is 0.116. The summed E-state index contributed by atoms with van der Waals surface area (Å²) in [5.74, 6) is 1.05. The van der Waals surface area contributed by atoms with Crippen LogP contribution in [0, 0.1) is 5.41 Å². The number of hydrogen-bond acceptors (Lipinski definition) is 2. The number of benzene rings is 1. The lowest BCUT2D eigenvalue weighted by molar-refractivity contribution is -0.0684. The maximum absolute atomic E-state index is 6.41. The van der Waals surface area contributed by atoms with Crippen LogP contribution in [0.1, 0.15) is 53.0 Å². The number of hydrogen-bond donors (Lipinski definition) is 1. The first kappa shape index (κ1) is 15.4. The molecule has 0 aliphatic heterocycles. The fourth-order valence-corrected chi connectivity index (χ4v) is 3.26. The van der Waals surface area contributed by atoms with Gasteiger partial charge in [-0.2, -0.15) is 0 Å². The molecule has 1 aromatic rings. The van der Waals surface area contributed by atoms with Gasteiger partial charge in [0, 0.05) is 17.9 Å². The average molecular weight is 275 g/mol. The van der Waals surface area contributed by atoms with E-state index in [-0.39, 0.29) is 10.8 Å². The van der Waals surface area contributed by atoms with E-state index in [1.54, 1.807) is 0 Å². The highest BCUT2D eigenvalue weighted by Gasteiger charge is 2.51. The largest absolute Gasteiger partial charge is 0.489 e. The van der Waals surface area contributed by atoms with Crippen LogP contribution in [-0.2, 0) is 5.41 Å². The molecule has 0 heterocycles. The Morgan fingerprint density at radius 1 is 1.30 bits per heavy atom. The zero-order chi connectivity index (χ0) is 15.0. The molecule has 20 heavy (non-hydrogen) atoms. The number of nitrogens with one attached hydrogen (secondary N) is 1. The van der Waals surface area contributed by atoms with Crippen molar-refractivity contribution in [3.05, 3.63) is 29.8 Å². The molecule has 1 aliphatic rings. The van der Waals surface area contributed by atoms with Crippen molar-refractivity contribution < 1.29 is 4.74 Å². The summed E-state index contributed by atoms with van der Waals surface area (Å²) in [5, 5.41) is 3.42. The Kier molecular flexibility index (Phi) is 4.15. The average Bonchev–Trinajstić information content (AvgIpc) is 2.41. The maximum atomic E-state index is 6.41. The lowest BCUT2D eigenvalue weighted by Gasteiger charge is -2.53. The molecular weight excluding hydrogens is 246 g/mol. The SMILES string of the molecule is CCC1(C)C(NC)CC1Oc1ccccc1C(C)(C)C. The maximum Gasteiger partial charge on any atom is 0.123 e. The van der Waals surface area contributed by atoms with E-state index in [2.05, 4.69) is 71.2 Å². The Balaban J connectivity index is 2.20. The molecule has 0 bridgehead atoms. The molecule has 1 N–H and O–H groups in total. The topological polar surface area (TPSA) is 21.3 Å². The summed E-state index contributed by atoms with van der Waals surface area (Å²) in [5.41, 5.74) is 1.65. The predicted octanol–water partition coefficient (Wildman–Crippen LogP) is 4.14. The minimum Gasteiger partial charge on any atom is -0.489 e. The number of rotatable bonds is 4. The van der Waals surface area contributed by atoms with Crippen molar-refractivity contribution in [1.82, 2.24) is 5.32 Å². The van der Waals surface area contributed by atoms with E-state index in [1.807, 2.05) is 0 Å². The normalized spacial score (nSPS) is 29.9. The Morgan fingerprint density at radius 2 is 1.95 bits per heavy atom. The summed E-state index contributed by atoms with van der Waals surface area (Å²) >= 11 is 0. The number of para-hydroxylation sites is 1. The Bertz CT molecular complexity index is 463. The highest BCUT2D eigenvalue weighted by Crippen LogP contribution is 2.46. The molecule has 2 heteroatoms. The van der Waals surface area contributed by atoms with Gasteiger partial charge in [-0.25, -0.2) is 0 Å². The highest BCUT2D eigenvalue weighted by molar-refractivity contribution is 5.38. The van der Waals surface area contributed by atoms with Crippen molar-refractivity contribution in [2.45, 2.75) is 65.0 Å². The van der Waals surface area contributed by atoms with Crippen LogP contribution in [0.5, 0.6) is 5.75 Å². The molecule has 3 atom stereocenters. The third-order valence-corrected chi connectivity index (χ3v) is 5.06. The summed E-state index contributed by atoms with van der Waals surface area (Å²) in [7, 11) is 2.05. The lowest BCUT2D eigenvalue weighted by atomic mass is 9.61. The van der Waals surface area contributed by atoms with E-state index >= 15 is 0 Å². The van der Waals surface area contributed by atoms with Crippen molar-refractivity contribution >= 4 is 0 Å². The van der Waals surface area contributed by atoms with E-state index in [0.717, 1.165) is 18.6 Å². The van der Waals surface area contributed by atoms with Crippen LogP contribution in [0.4, 0.5) is 0 Å². The first-order valence-electron chi connectivity index (χ1n) is 7.76. The van der Waals surface area contributed by atoms with E-state index in [1.165, 1.54) is 5.56 Å². The van der Waals surface area contributed by atoms with Crippen molar-refractivity contribution in [3.63, 3.8) is 0 Å². The van der Waals surface area contributed by atoms with Gasteiger partial charge in [-0.1, -0.05) is 52.8 Å². The first-order valence-corrected chi connectivity index (χ1v) is 7.76. The van der Waals surface area contributed by atoms with E-state index in [0.29, 0.717) is 12.1 Å². The van der Waals surface area contributed by atoms with Crippen molar-refractivity contribution in [3.8, 4) is 5.75 Å². The quantitative estimate of drug-likeness (QED) is 0.891. The third kappa shape index (κ3) is 2.58. The fraction of sp³-hybridized carbons (Fsp3) is 0.667. The zero-order valence-electron chi connectivity index (χ0n) is 13.8. The molecular formula is C18H29NO. The summed E-state index contributed by atoms with van der Waals surface area (Å²) in [6.07, 6.45) is 2.55. The molecule has 2 nitrogen and oxygen atoms in total. The fourth-order valence-electron chi connectivity index (χ4n) is 3.26. The van der Waals surface area contributed by atoms with Crippen LogP contribution < -0.4 is 10.1 Å². The third-order valence-electron chi connectivity index (χ3n) is 5.06. The van der Waals surface area contributed by atoms with Crippen LogP contribution in [-0.4, -0.2) is 19.2 Å². The van der Waals surface area contributed by atoms with Gasteiger partial charge >= 0.3 is 0 Å². The minimum atomic E-state index is 0.116. The van der Waals surface area contributed by atoms with Gasteiger partial charge in [-0.3, -0.25) is 0 Å². The van der Waals surface area contributed by atoms with Gasteiger partial charge in [0.25, 0.3) is 0 Å². The lowest BCUT2D eigenvalue weighted by Crippen LogP contribution is -2.62.